The van der Waals surface area contributed by atoms with Crippen LogP contribution in [0, 0.1) is 0 Å². The zero-order valence-electron chi connectivity index (χ0n) is 15.9. The summed E-state index contributed by atoms with van der Waals surface area (Å²) in [6.45, 7) is 4.64. The lowest BCUT2D eigenvalue weighted by molar-refractivity contribution is -0.137. The average Bonchev–Trinajstić information content (AvgIpc) is 3.34. The predicted octanol–water partition coefficient (Wildman–Crippen LogP) is 4.39. The maximum atomic E-state index is 13.0. The quantitative estimate of drug-likeness (QED) is 0.720. The fraction of sp³-hybridized carbons (Fsp3) is 0.500. The first-order valence-corrected chi connectivity index (χ1v) is 9.41. The van der Waals surface area contributed by atoms with Gasteiger partial charge in [0.2, 0.25) is 5.89 Å². The van der Waals surface area contributed by atoms with Gasteiger partial charge in [0.1, 0.15) is 6.26 Å². The van der Waals surface area contributed by atoms with Crippen LogP contribution >= 0.6 is 0 Å². The molecule has 1 N–H and O–H groups in total. The number of halogens is 3. The number of carbonyl (C=O) groups excluding carboxylic acids is 1. The van der Waals surface area contributed by atoms with E-state index in [9.17, 15) is 18.0 Å². The van der Waals surface area contributed by atoms with Crippen molar-refractivity contribution in [2.45, 2.75) is 64.5 Å². The van der Waals surface area contributed by atoms with Gasteiger partial charge in [-0.3, -0.25) is 9.69 Å². The van der Waals surface area contributed by atoms with Gasteiger partial charge in [0, 0.05) is 18.6 Å². The van der Waals surface area contributed by atoms with Crippen LogP contribution in [0.3, 0.4) is 0 Å². The standard InChI is InChI=1S/C20H24F3N3O2/c1-3-13(2)26(10-14-5-4-6-15(9-14)20(21,22)23)11-18-25-17(12-28-18)19(27)24-16-7-8-16/h4-6,9,12-13,16H,3,7-8,10-11H2,1-2H3,(H,24,27). The molecule has 152 valence electrons. The molecule has 1 aliphatic carbocycles. The van der Waals surface area contributed by atoms with E-state index in [2.05, 4.69) is 10.3 Å². The minimum atomic E-state index is -4.37. The molecule has 1 atom stereocenters. The number of benzene rings is 1. The summed E-state index contributed by atoms with van der Waals surface area (Å²) in [4.78, 5) is 18.3. The smallest absolute Gasteiger partial charge is 0.416 e. The SMILES string of the molecule is CCC(C)N(Cc1cccc(C(F)(F)F)c1)Cc1nc(C(=O)NC2CC2)co1. The normalized spacial score (nSPS) is 15.6. The zero-order chi connectivity index (χ0) is 20.3. The zero-order valence-corrected chi connectivity index (χ0v) is 15.9. The molecular formula is C20H24F3N3O2. The highest BCUT2D eigenvalue weighted by Gasteiger charge is 2.30. The van der Waals surface area contributed by atoms with Crippen LogP contribution in [0.2, 0.25) is 0 Å². The van der Waals surface area contributed by atoms with E-state index in [4.69, 9.17) is 4.42 Å². The molecule has 2 aromatic rings. The first-order valence-electron chi connectivity index (χ1n) is 9.41. The Labute approximate surface area is 161 Å². The third-order valence-corrected chi connectivity index (χ3v) is 4.89. The Kier molecular flexibility index (Phi) is 6.07. The van der Waals surface area contributed by atoms with Gasteiger partial charge < -0.3 is 9.73 Å². The molecule has 1 unspecified atom stereocenters. The van der Waals surface area contributed by atoms with Gasteiger partial charge in [-0.25, -0.2) is 4.98 Å². The van der Waals surface area contributed by atoms with E-state index < -0.39 is 11.7 Å². The summed E-state index contributed by atoms with van der Waals surface area (Å²) < 4.78 is 44.4. The number of oxazole rings is 1. The molecule has 8 heteroatoms. The lowest BCUT2D eigenvalue weighted by atomic mass is 10.1. The summed E-state index contributed by atoms with van der Waals surface area (Å²) in [6.07, 6.45) is -0.269. The van der Waals surface area contributed by atoms with Crippen LogP contribution in [-0.4, -0.2) is 27.9 Å². The molecule has 1 amide bonds. The molecule has 5 nitrogen and oxygen atoms in total. The summed E-state index contributed by atoms with van der Waals surface area (Å²) in [5.41, 5.74) is 0.128. The lowest BCUT2D eigenvalue weighted by Gasteiger charge is -2.27. The maximum Gasteiger partial charge on any atom is 0.416 e. The summed E-state index contributed by atoms with van der Waals surface area (Å²) in [6, 6.07) is 5.65. The van der Waals surface area contributed by atoms with E-state index in [1.807, 2.05) is 18.7 Å². The number of hydrogen-bond donors (Lipinski definition) is 1. The van der Waals surface area contributed by atoms with Crippen LogP contribution in [0.15, 0.2) is 34.9 Å². The van der Waals surface area contributed by atoms with Crippen molar-refractivity contribution in [3.05, 3.63) is 53.2 Å². The van der Waals surface area contributed by atoms with Gasteiger partial charge in [0.25, 0.3) is 5.91 Å². The van der Waals surface area contributed by atoms with E-state index in [1.54, 1.807) is 6.07 Å². The van der Waals surface area contributed by atoms with Crippen LogP contribution in [-0.2, 0) is 19.3 Å². The van der Waals surface area contributed by atoms with Gasteiger partial charge in [-0.15, -0.1) is 0 Å². The first kappa shape index (κ1) is 20.4. The topological polar surface area (TPSA) is 58.4 Å². The van der Waals surface area contributed by atoms with Gasteiger partial charge in [0.05, 0.1) is 12.1 Å². The van der Waals surface area contributed by atoms with Crippen LogP contribution in [0.4, 0.5) is 13.2 Å². The van der Waals surface area contributed by atoms with Gasteiger partial charge in [-0.05, 0) is 37.8 Å². The number of nitrogens with one attached hydrogen (secondary N) is 1. The molecule has 3 rings (SSSR count). The first-order chi connectivity index (χ1) is 13.3. The van der Waals surface area contributed by atoms with E-state index in [1.165, 1.54) is 18.4 Å². The number of carbonyl (C=O) groups is 1. The lowest BCUT2D eigenvalue weighted by Crippen LogP contribution is -2.32. The number of rotatable bonds is 8. The Morgan fingerprint density at radius 2 is 2.11 bits per heavy atom. The minimum Gasteiger partial charge on any atom is -0.447 e. The van der Waals surface area contributed by atoms with Crippen molar-refractivity contribution in [3.63, 3.8) is 0 Å². The third-order valence-electron chi connectivity index (χ3n) is 4.89. The molecule has 1 aromatic carbocycles. The highest BCUT2D eigenvalue weighted by molar-refractivity contribution is 5.92. The number of alkyl halides is 3. The molecule has 0 spiro atoms. The second kappa shape index (κ2) is 8.34. The number of nitrogens with zero attached hydrogens (tertiary/aromatic N) is 2. The number of amides is 1. The van der Waals surface area contributed by atoms with E-state index in [0.29, 0.717) is 24.5 Å². The van der Waals surface area contributed by atoms with Crippen molar-refractivity contribution in [3.8, 4) is 0 Å². The fourth-order valence-corrected chi connectivity index (χ4v) is 2.85. The van der Waals surface area contributed by atoms with Crippen LogP contribution in [0.5, 0.6) is 0 Å². The Balaban J connectivity index is 1.71. The molecular weight excluding hydrogens is 371 g/mol. The van der Waals surface area contributed by atoms with Gasteiger partial charge in [-0.1, -0.05) is 25.1 Å². The van der Waals surface area contributed by atoms with Crippen molar-refractivity contribution in [2.75, 3.05) is 0 Å². The van der Waals surface area contributed by atoms with Crippen molar-refractivity contribution in [1.82, 2.24) is 15.2 Å². The molecule has 1 fully saturated rings. The molecule has 0 radical (unpaired) electrons. The predicted molar refractivity (Wildman–Crippen MR) is 97.4 cm³/mol. The Hall–Kier alpha value is -2.35. The van der Waals surface area contributed by atoms with E-state index in [0.717, 1.165) is 25.3 Å². The maximum absolute atomic E-state index is 13.0. The molecule has 0 saturated heterocycles. The second-order valence-electron chi connectivity index (χ2n) is 7.23. The Bertz CT molecular complexity index is 815. The largest absolute Gasteiger partial charge is 0.447 e. The summed E-state index contributed by atoms with van der Waals surface area (Å²) in [5.74, 6) is 0.110. The monoisotopic (exact) mass is 395 g/mol. The summed E-state index contributed by atoms with van der Waals surface area (Å²) in [7, 11) is 0. The third kappa shape index (κ3) is 5.34. The molecule has 0 bridgehead atoms. The highest BCUT2D eigenvalue weighted by atomic mass is 19.4. The number of aromatic nitrogens is 1. The minimum absolute atomic E-state index is 0.102. The molecule has 1 aromatic heterocycles. The van der Waals surface area contributed by atoms with Crippen LogP contribution in [0.1, 0.15) is 60.6 Å². The highest BCUT2D eigenvalue weighted by Crippen LogP contribution is 2.30. The number of hydrogen-bond acceptors (Lipinski definition) is 4. The van der Waals surface area contributed by atoms with Crippen molar-refractivity contribution in [1.29, 1.82) is 0 Å². The van der Waals surface area contributed by atoms with Crippen LogP contribution < -0.4 is 5.32 Å². The van der Waals surface area contributed by atoms with E-state index in [-0.39, 0.29) is 23.7 Å². The van der Waals surface area contributed by atoms with Gasteiger partial charge >= 0.3 is 6.18 Å². The fourth-order valence-electron chi connectivity index (χ4n) is 2.85. The van der Waals surface area contributed by atoms with Crippen LogP contribution in [0.25, 0.3) is 0 Å². The molecule has 1 aliphatic rings. The Morgan fingerprint density at radius 3 is 2.75 bits per heavy atom. The van der Waals surface area contributed by atoms with E-state index >= 15 is 0 Å². The molecule has 1 heterocycles. The summed E-state index contributed by atoms with van der Waals surface area (Å²) >= 11 is 0. The summed E-state index contributed by atoms with van der Waals surface area (Å²) in [5, 5.41) is 2.85. The van der Waals surface area contributed by atoms with Crippen molar-refractivity contribution < 1.29 is 22.4 Å². The molecule has 28 heavy (non-hydrogen) atoms. The van der Waals surface area contributed by atoms with Crippen molar-refractivity contribution >= 4 is 5.91 Å². The second-order valence-corrected chi connectivity index (χ2v) is 7.23. The molecule has 0 aliphatic heterocycles. The molecule has 1 saturated carbocycles. The van der Waals surface area contributed by atoms with Gasteiger partial charge in [0.15, 0.2) is 5.69 Å². The average molecular weight is 395 g/mol. The van der Waals surface area contributed by atoms with Gasteiger partial charge in [-0.2, -0.15) is 13.2 Å². The van der Waals surface area contributed by atoms with Crippen molar-refractivity contribution in [2.24, 2.45) is 0 Å². The Morgan fingerprint density at radius 1 is 1.36 bits per heavy atom.